The lowest BCUT2D eigenvalue weighted by Gasteiger charge is -2.44. The predicted molar refractivity (Wildman–Crippen MR) is 122 cm³/mol. The Kier molecular flexibility index (Phi) is 6.81. The first-order valence-electron chi connectivity index (χ1n) is 11.0. The molecule has 0 aliphatic carbocycles. The fourth-order valence-electron chi connectivity index (χ4n) is 4.46. The molecule has 3 aromatic carbocycles. The Morgan fingerprint density at radius 3 is 2.19 bits per heavy atom. The maximum Gasteiger partial charge on any atom is 0.123 e. The lowest BCUT2D eigenvalue weighted by Crippen LogP contribution is -2.45. The van der Waals surface area contributed by atoms with Crippen LogP contribution in [-0.2, 0) is 10.3 Å². The second kappa shape index (κ2) is 9.73. The molecule has 0 bridgehead atoms. The van der Waals surface area contributed by atoms with E-state index in [1.807, 2.05) is 18.2 Å². The number of benzene rings is 3. The van der Waals surface area contributed by atoms with Crippen molar-refractivity contribution >= 4 is 0 Å². The van der Waals surface area contributed by atoms with Crippen LogP contribution in [0, 0.1) is 5.82 Å². The number of aliphatic hydroxyl groups excluding tert-OH is 1. The van der Waals surface area contributed by atoms with Crippen molar-refractivity contribution in [2.75, 3.05) is 19.9 Å². The zero-order chi connectivity index (χ0) is 21.7. The number of rotatable bonds is 7. The summed E-state index contributed by atoms with van der Waals surface area (Å²) >= 11 is 0. The van der Waals surface area contributed by atoms with Crippen molar-refractivity contribution in [3.63, 3.8) is 0 Å². The summed E-state index contributed by atoms with van der Waals surface area (Å²) in [5, 5.41) is 9.38. The average Bonchev–Trinajstić information content (AvgIpc) is 2.84. The molecule has 1 aliphatic heterocycles. The third kappa shape index (κ3) is 4.87. The molecule has 0 amide bonds. The summed E-state index contributed by atoms with van der Waals surface area (Å²) in [5.74, 6) is -0.218. The number of nitrogens with zero attached hydrogens (tertiary/aromatic N) is 1. The Morgan fingerprint density at radius 2 is 1.61 bits per heavy atom. The fourth-order valence-corrected chi connectivity index (χ4v) is 4.46. The normalized spacial score (nSPS) is 20.5. The molecule has 162 valence electrons. The number of halogens is 1. The van der Waals surface area contributed by atoms with Gasteiger partial charge in [0.15, 0.2) is 0 Å². The highest BCUT2D eigenvalue weighted by Gasteiger charge is 2.38. The highest BCUT2D eigenvalue weighted by atomic mass is 19.1. The van der Waals surface area contributed by atoms with Gasteiger partial charge in [-0.05, 0) is 60.6 Å². The third-order valence-corrected chi connectivity index (χ3v) is 6.47. The first-order chi connectivity index (χ1) is 15.1. The molecular formula is C27H30FNO2. The van der Waals surface area contributed by atoms with E-state index in [9.17, 15) is 9.50 Å². The Balaban J connectivity index is 1.44. The summed E-state index contributed by atoms with van der Waals surface area (Å²) in [5.41, 5.74) is 4.19. The molecule has 2 atom stereocenters. The SMILES string of the molecule is C[C@@H](c1ccc(-c2ccc(F)cc2)cc1)N1CC[C@@](CCCO)(c2ccccc2)OC1. The van der Waals surface area contributed by atoms with Gasteiger partial charge >= 0.3 is 0 Å². The van der Waals surface area contributed by atoms with Crippen molar-refractivity contribution in [1.29, 1.82) is 0 Å². The van der Waals surface area contributed by atoms with Crippen molar-refractivity contribution in [1.82, 2.24) is 4.90 Å². The minimum Gasteiger partial charge on any atom is -0.396 e. The Hall–Kier alpha value is -2.53. The molecule has 1 fully saturated rings. The van der Waals surface area contributed by atoms with E-state index in [1.54, 1.807) is 0 Å². The molecule has 1 saturated heterocycles. The molecule has 1 aliphatic rings. The predicted octanol–water partition coefficient (Wildman–Crippen LogP) is 5.90. The van der Waals surface area contributed by atoms with E-state index in [1.165, 1.54) is 23.3 Å². The maximum atomic E-state index is 13.2. The third-order valence-electron chi connectivity index (χ3n) is 6.47. The molecule has 0 radical (unpaired) electrons. The smallest absolute Gasteiger partial charge is 0.123 e. The van der Waals surface area contributed by atoms with Crippen LogP contribution < -0.4 is 0 Å². The van der Waals surface area contributed by atoms with Crippen LogP contribution >= 0.6 is 0 Å². The van der Waals surface area contributed by atoms with Gasteiger partial charge in [-0.25, -0.2) is 4.39 Å². The van der Waals surface area contributed by atoms with Crippen LogP contribution in [0.1, 0.15) is 43.4 Å². The molecule has 0 spiro atoms. The van der Waals surface area contributed by atoms with E-state index in [-0.39, 0.29) is 24.1 Å². The van der Waals surface area contributed by atoms with E-state index in [0.29, 0.717) is 6.73 Å². The molecule has 1 heterocycles. The summed E-state index contributed by atoms with van der Waals surface area (Å²) in [6, 6.07) is 25.7. The first kappa shape index (κ1) is 21.7. The zero-order valence-electron chi connectivity index (χ0n) is 18.0. The van der Waals surface area contributed by atoms with Crippen molar-refractivity contribution < 1.29 is 14.2 Å². The van der Waals surface area contributed by atoms with E-state index in [0.717, 1.165) is 36.9 Å². The summed E-state index contributed by atoms with van der Waals surface area (Å²) in [4.78, 5) is 2.35. The highest BCUT2D eigenvalue weighted by molar-refractivity contribution is 5.63. The van der Waals surface area contributed by atoms with Crippen LogP contribution in [0.2, 0.25) is 0 Å². The van der Waals surface area contributed by atoms with Crippen LogP contribution in [0.25, 0.3) is 11.1 Å². The Labute approximate surface area is 184 Å². The second-order valence-corrected chi connectivity index (χ2v) is 8.33. The molecular weight excluding hydrogens is 389 g/mol. The van der Waals surface area contributed by atoms with Gasteiger partial charge < -0.3 is 9.84 Å². The van der Waals surface area contributed by atoms with Gasteiger partial charge in [0.2, 0.25) is 0 Å². The van der Waals surface area contributed by atoms with Gasteiger partial charge in [0.1, 0.15) is 12.5 Å². The number of hydrogen-bond acceptors (Lipinski definition) is 3. The number of hydrogen-bond donors (Lipinski definition) is 1. The quantitative estimate of drug-likeness (QED) is 0.517. The molecule has 3 nitrogen and oxygen atoms in total. The van der Waals surface area contributed by atoms with Gasteiger partial charge in [-0.3, -0.25) is 4.90 Å². The molecule has 31 heavy (non-hydrogen) atoms. The first-order valence-corrected chi connectivity index (χ1v) is 11.0. The van der Waals surface area contributed by atoms with Gasteiger partial charge in [0.25, 0.3) is 0 Å². The number of ether oxygens (including phenoxy) is 1. The van der Waals surface area contributed by atoms with E-state index in [4.69, 9.17) is 4.74 Å². The second-order valence-electron chi connectivity index (χ2n) is 8.33. The maximum absolute atomic E-state index is 13.2. The van der Waals surface area contributed by atoms with Crippen molar-refractivity contribution in [2.24, 2.45) is 0 Å². The average molecular weight is 420 g/mol. The van der Waals surface area contributed by atoms with Crippen molar-refractivity contribution in [3.05, 3.63) is 95.8 Å². The molecule has 1 N–H and O–H groups in total. The zero-order valence-corrected chi connectivity index (χ0v) is 18.0. The molecule has 0 aromatic heterocycles. The fraction of sp³-hybridized carbons (Fsp3) is 0.333. The van der Waals surface area contributed by atoms with Crippen molar-refractivity contribution in [3.8, 4) is 11.1 Å². The Morgan fingerprint density at radius 1 is 0.968 bits per heavy atom. The van der Waals surface area contributed by atoms with E-state index >= 15 is 0 Å². The van der Waals surface area contributed by atoms with Gasteiger partial charge in [0.05, 0.1) is 5.60 Å². The van der Waals surface area contributed by atoms with Gasteiger partial charge in [-0.1, -0.05) is 66.7 Å². The summed E-state index contributed by atoms with van der Waals surface area (Å²) in [7, 11) is 0. The van der Waals surface area contributed by atoms with Crippen molar-refractivity contribution in [2.45, 2.75) is 37.8 Å². The lowest BCUT2D eigenvalue weighted by molar-refractivity contribution is -0.159. The molecule has 4 rings (SSSR count). The van der Waals surface area contributed by atoms with Gasteiger partial charge in [-0.2, -0.15) is 0 Å². The number of aliphatic hydroxyl groups is 1. The van der Waals surface area contributed by atoms with Crippen LogP contribution in [0.3, 0.4) is 0 Å². The van der Waals surface area contributed by atoms with E-state index in [2.05, 4.69) is 60.4 Å². The monoisotopic (exact) mass is 419 g/mol. The Bertz CT molecular complexity index is 949. The molecule has 3 aromatic rings. The highest BCUT2D eigenvalue weighted by Crippen LogP contribution is 2.39. The largest absolute Gasteiger partial charge is 0.396 e. The van der Waals surface area contributed by atoms with Crippen LogP contribution in [0.5, 0.6) is 0 Å². The molecule has 0 saturated carbocycles. The minimum absolute atomic E-state index is 0.179. The standard InChI is InChI=1S/C27H30FNO2/c1-21(22-8-10-23(11-9-22)24-12-14-26(28)15-13-24)29-18-17-27(31-20-29,16-5-19-30)25-6-3-2-4-7-25/h2-4,6-15,21,30H,5,16-20H2,1H3/t21-,27-/m0/s1. The van der Waals surface area contributed by atoms with Crippen LogP contribution in [0.15, 0.2) is 78.9 Å². The van der Waals surface area contributed by atoms with E-state index < -0.39 is 0 Å². The van der Waals surface area contributed by atoms with Gasteiger partial charge in [-0.15, -0.1) is 0 Å². The van der Waals surface area contributed by atoms with Gasteiger partial charge in [0, 0.05) is 19.2 Å². The summed E-state index contributed by atoms with van der Waals surface area (Å²) < 4.78 is 19.7. The van der Waals surface area contributed by atoms with Crippen LogP contribution in [0.4, 0.5) is 4.39 Å². The summed E-state index contributed by atoms with van der Waals surface area (Å²) in [6.07, 6.45) is 2.45. The van der Waals surface area contributed by atoms with Crippen LogP contribution in [-0.4, -0.2) is 29.9 Å². The minimum atomic E-state index is -0.327. The topological polar surface area (TPSA) is 32.7 Å². The molecule has 0 unspecified atom stereocenters. The molecule has 4 heteroatoms. The lowest BCUT2D eigenvalue weighted by atomic mass is 9.84. The summed E-state index contributed by atoms with van der Waals surface area (Å²) in [6.45, 7) is 3.88.